The summed E-state index contributed by atoms with van der Waals surface area (Å²) in [5.41, 5.74) is 0.995. The van der Waals surface area contributed by atoms with Crippen LogP contribution in [0, 0.1) is 5.92 Å². The molecule has 0 heterocycles. The van der Waals surface area contributed by atoms with Crippen LogP contribution in [-0.4, -0.2) is 18.5 Å². The molecule has 2 heteroatoms. The lowest BCUT2D eigenvalue weighted by molar-refractivity contribution is -0.115. The normalized spacial score (nSPS) is 13.4. The summed E-state index contributed by atoms with van der Waals surface area (Å²) in [7, 11) is 0. The van der Waals surface area contributed by atoms with Crippen molar-refractivity contribution < 1.29 is 9.53 Å². The molecule has 1 rings (SSSR count). The molecular weight excluding hydrogens is 200 g/mol. The molecule has 16 heavy (non-hydrogen) atoms. The molecule has 0 amide bonds. The van der Waals surface area contributed by atoms with Gasteiger partial charge in [-0.25, -0.2) is 0 Å². The van der Waals surface area contributed by atoms with E-state index in [1.165, 1.54) is 5.56 Å². The van der Waals surface area contributed by atoms with Crippen LogP contribution in [0.5, 0.6) is 0 Å². The summed E-state index contributed by atoms with van der Waals surface area (Å²) in [5.74, 6) is -0.0541. The average molecular weight is 220 g/mol. The van der Waals surface area contributed by atoms with Crippen molar-refractivity contribution in [3.63, 3.8) is 0 Å². The van der Waals surface area contributed by atoms with Gasteiger partial charge in [-0.15, -0.1) is 0 Å². The molecule has 0 aromatic heterocycles. The molecule has 1 aromatic carbocycles. The first-order chi connectivity index (χ1) is 7.51. The first-order valence-corrected chi connectivity index (χ1v) is 5.64. The fourth-order valence-electron chi connectivity index (χ4n) is 1.42. The fraction of sp³-hybridized carbons (Fsp3) is 0.500. The predicted molar refractivity (Wildman–Crippen MR) is 65.4 cm³/mol. The Hall–Kier alpha value is -1.15. The molecule has 0 fully saturated rings. The third-order valence-electron chi connectivity index (χ3n) is 2.26. The number of hydrogen-bond acceptors (Lipinski definition) is 2. The molecule has 0 N–H and O–H groups in total. The lowest BCUT2D eigenvalue weighted by Crippen LogP contribution is -2.25. The van der Waals surface area contributed by atoms with Gasteiger partial charge < -0.3 is 9.53 Å². The van der Waals surface area contributed by atoms with E-state index in [-0.39, 0.29) is 11.5 Å². The molecule has 0 unspecified atom stereocenters. The summed E-state index contributed by atoms with van der Waals surface area (Å²) in [4.78, 5) is 10.9. The number of carbonyl (C=O) groups is 1. The minimum absolute atomic E-state index is 0.0541. The Kier molecular flexibility index (Phi) is 4.69. The lowest BCUT2D eigenvalue weighted by atomic mass is 10.0. The quantitative estimate of drug-likeness (QED) is 0.713. The largest absolute Gasteiger partial charge is 0.375 e. The Labute approximate surface area is 97.6 Å². The Bertz CT molecular complexity index is 311. The highest BCUT2D eigenvalue weighted by molar-refractivity contribution is 5.54. The van der Waals surface area contributed by atoms with Crippen LogP contribution in [0.2, 0.25) is 0 Å². The minimum Gasteiger partial charge on any atom is -0.375 e. The molecule has 0 saturated heterocycles. The number of ether oxygens (including phenoxy) is 1. The van der Waals surface area contributed by atoms with Crippen molar-refractivity contribution in [3.05, 3.63) is 35.9 Å². The van der Waals surface area contributed by atoms with Gasteiger partial charge in [-0.05, 0) is 32.8 Å². The molecule has 0 spiro atoms. The van der Waals surface area contributed by atoms with E-state index < -0.39 is 0 Å². The smallest absolute Gasteiger partial charge is 0.125 e. The maximum absolute atomic E-state index is 10.9. The van der Waals surface area contributed by atoms with Crippen molar-refractivity contribution in [2.45, 2.75) is 32.8 Å². The van der Waals surface area contributed by atoms with Crippen molar-refractivity contribution in [3.8, 4) is 0 Å². The number of hydrogen-bond donors (Lipinski definition) is 0. The molecule has 0 radical (unpaired) electrons. The van der Waals surface area contributed by atoms with Gasteiger partial charge in [0.2, 0.25) is 0 Å². The second kappa shape index (κ2) is 5.80. The monoisotopic (exact) mass is 220 g/mol. The fourth-order valence-corrected chi connectivity index (χ4v) is 1.42. The summed E-state index contributed by atoms with van der Waals surface area (Å²) < 4.78 is 5.62. The first kappa shape index (κ1) is 12.9. The standard InChI is InChI=1S/C14H20O2/c1-14(2,3)16-11-13(10-15)9-12-7-5-4-6-8-12/h4-8,10,13H,9,11H2,1-3H3/t13-/m1/s1. The highest BCUT2D eigenvalue weighted by atomic mass is 16.5. The summed E-state index contributed by atoms with van der Waals surface area (Å²) in [6.07, 6.45) is 1.74. The van der Waals surface area contributed by atoms with Crippen molar-refractivity contribution in [1.82, 2.24) is 0 Å². The second-order valence-electron chi connectivity index (χ2n) is 5.01. The van der Waals surface area contributed by atoms with Crippen molar-refractivity contribution in [2.75, 3.05) is 6.61 Å². The van der Waals surface area contributed by atoms with Crippen molar-refractivity contribution in [2.24, 2.45) is 5.92 Å². The molecule has 0 aliphatic carbocycles. The van der Waals surface area contributed by atoms with Crippen LogP contribution in [0.25, 0.3) is 0 Å². The zero-order valence-electron chi connectivity index (χ0n) is 10.3. The molecule has 1 aromatic rings. The van der Waals surface area contributed by atoms with Crippen LogP contribution in [0.3, 0.4) is 0 Å². The van der Waals surface area contributed by atoms with E-state index in [1.807, 2.05) is 51.1 Å². The topological polar surface area (TPSA) is 26.3 Å². The Morgan fingerprint density at radius 2 is 1.88 bits per heavy atom. The van der Waals surface area contributed by atoms with E-state index in [1.54, 1.807) is 0 Å². The van der Waals surface area contributed by atoms with Crippen LogP contribution in [0.1, 0.15) is 26.3 Å². The Morgan fingerprint density at radius 1 is 1.25 bits per heavy atom. The van der Waals surface area contributed by atoms with Gasteiger partial charge in [0.15, 0.2) is 0 Å². The van der Waals surface area contributed by atoms with Crippen LogP contribution < -0.4 is 0 Å². The second-order valence-corrected chi connectivity index (χ2v) is 5.01. The Balaban J connectivity index is 2.47. The molecule has 0 saturated carbocycles. The van der Waals surface area contributed by atoms with Gasteiger partial charge in [0.05, 0.1) is 12.2 Å². The summed E-state index contributed by atoms with van der Waals surface area (Å²) in [6, 6.07) is 10.0. The molecule has 2 nitrogen and oxygen atoms in total. The first-order valence-electron chi connectivity index (χ1n) is 5.64. The molecule has 0 bridgehead atoms. The SMILES string of the molecule is CC(C)(C)OC[C@@H](C=O)Cc1ccccc1. The third-order valence-corrected chi connectivity index (χ3v) is 2.26. The summed E-state index contributed by atoms with van der Waals surface area (Å²) >= 11 is 0. The number of aldehydes is 1. The Morgan fingerprint density at radius 3 is 2.38 bits per heavy atom. The van der Waals surface area contributed by atoms with Crippen LogP contribution in [-0.2, 0) is 16.0 Å². The van der Waals surface area contributed by atoms with Crippen molar-refractivity contribution >= 4 is 6.29 Å². The molecule has 1 atom stereocenters. The lowest BCUT2D eigenvalue weighted by Gasteiger charge is -2.22. The van der Waals surface area contributed by atoms with E-state index in [9.17, 15) is 4.79 Å². The van der Waals surface area contributed by atoms with Gasteiger partial charge in [0, 0.05) is 5.92 Å². The van der Waals surface area contributed by atoms with E-state index in [4.69, 9.17) is 4.74 Å². The van der Waals surface area contributed by atoms with E-state index in [0.29, 0.717) is 6.61 Å². The van der Waals surface area contributed by atoms with Crippen molar-refractivity contribution in [1.29, 1.82) is 0 Å². The van der Waals surface area contributed by atoms with Gasteiger partial charge in [0.1, 0.15) is 6.29 Å². The van der Waals surface area contributed by atoms with E-state index in [2.05, 4.69) is 0 Å². The van der Waals surface area contributed by atoms with E-state index >= 15 is 0 Å². The van der Waals surface area contributed by atoms with Crippen LogP contribution in [0.15, 0.2) is 30.3 Å². The molecule has 0 aliphatic rings. The predicted octanol–water partition coefficient (Wildman–Crippen LogP) is 2.86. The maximum atomic E-state index is 10.9. The zero-order chi connectivity index (χ0) is 12.0. The number of carbonyl (C=O) groups excluding carboxylic acids is 1. The third kappa shape index (κ3) is 5.08. The van der Waals surface area contributed by atoms with Gasteiger partial charge >= 0.3 is 0 Å². The molecular formula is C14H20O2. The molecule has 88 valence electrons. The number of benzene rings is 1. The van der Waals surface area contributed by atoms with Gasteiger partial charge in [-0.2, -0.15) is 0 Å². The van der Waals surface area contributed by atoms with Gasteiger partial charge in [-0.3, -0.25) is 0 Å². The highest BCUT2D eigenvalue weighted by Gasteiger charge is 2.15. The minimum atomic E-state index is -0.183. The average Bonchev–Trinajstić information content (AvgIpc) is 2.24. The van der Waals surface area contributed by atoms with Gasteiger partial charge in [0.25, 0.3) is 0 Å². The van der Waals surface area contributed by atoms with E-state index in [0.717, 1.165) is 12.7 Å². The zero-order valence-corrected chi connectivity index (χ0v) is 10.3. The van der Waals surface area contributed by atoms with Crippen LogP contribution in [0.4, 0.5) is 0 Å². The summed E-state index contributed by atoms with van der Waals surface area (Å²) in [5, 5.41) is 0. The maximum Gasteiger partial charge on any atom is 0.125 e. The highest BCUT2D eigenvalue weighted by Crippen LogP contribution is 2.12. The van der Waals surface area contributed by atoms with Gasteiger partial charge in [-0.1, -0.05) is 30.3 Å². The number of rotatable bonds is 5. The summed E-state index contributed by atoms with van der Waals surface area (Å²) in [6.45, 7) is 6.48. The molecule has 0 aliphatic heterocycles. The van der Waals surface area contributed by atoms with Crippen LogP contribution >= 0.6 is 0 Å².